The van der Waals surface area contributed by atoms with Gasteiger partial charge in [0, 0.05) is 12.0 Å². The van der Waals surface area contributed by atoms with Gasteiger partial charge in [-0.25, -0.2) is 0 Å². The van der Waals surface area contributed by atoms with Crippen molar-refractivity contribution in [1.29, 1.82) is 0 Å². The zero-order chi connectivity index (χ0) is 18.2. The summed E-state index contributed by atoms with van der Waals surface area (Å²) in [7, 11) is 0. The first-order valence-electron chi connectivity index (χ1n) is 9.45. The minimum Gasteiger partial charge on any atom is -0.294 e. The second-order valence-electron chi connectivity index (χ2n) is 6.81. The van der Waals surface area contributed by atoms with Crippen LogP contribution in [-0.4, -0.2) is 5.78 Å². The molecular formula is C22H38O. The molecule has 0 radical (unpaired) electrons. The molecule has 0 aromatic carbocycles. The summed E-state index contributed by atoms with van der Waals surface area (Å²) in [4.78, 5) is 12.7. The van der Waals surface area contributed by atoms with Crippen molar-refractivity contribution in [2.24, 2.45) is 11.8 Å². The highest BCUT2D eigenvalue weighted by atomic mass is 16.1. The molecule has 1 nitrogen and oxygen atoms in total. The summed E-state index contributed by atoms with van der Waals surface area (Å²) in [6.07, 6.45) is 4.98. The molecule has 0 spiro atoms. The summed E-state index contributed by atoms with van der Waals surface area (Å²) in [5, 5.41) is 0. The fourth-order valence-corrected chi connectivity index (χ4v) is 3.73. The van der Waals surface area contributed by atoms with Crippen LogP contribution in [0.3, 0.4) is 0 Å². The van der Waals surface area contributed by atoms with Crippen LogP contribution in [0.2, 0.25) is 0 Å². The third kappa shape index (κ3) is 5.79. The molecule has 0 aromatic rings. The van der Waals surface area contributed by atoms with Crippen LogP contribution in [0.25, 0.3) is 0 Å². The first-order valence-corrected chi connectivity index (χ1v) is 9.45. The molecule has 1 heteroatoms. The monoisotopic (exact) mass is 318 g/mol. The van der Waals surface area contributed by atoms with E-state index in [0.717, 1.165) is 36.8 Å². The van der Waals surface area contributed by atoms with E-state index in [1.54, 1.807) is 0 Å². The number of hydrogen-bond acceptors (Lipinski definition) is 1. The number of hydrogen-bond donors (Lipinski definition) is 0. The third-order valence-corrected chi connectivity index (χ3v) is 4.57. The molecule has 0 saturated heterocycles. The van der Waals surface area contributed by atoms with Crippen LogP contribution in [0.1, 0.15) is 87.5 Å². The molecule has 0 bridgehead atoms. The lowest BCUT2D eigenvalue weighted by Gasteiger charge is -2.29. The summed E-state index contributed by atoms with van der Waals surface area (Å²) < 4.78 is 0. The molecule has 0 amide bonds. The molecule has 1 aliphatic rings. The van der Waals surface area contributed by atoms with Gasteiger partial charge in [-0.05, 0) is 56.1 Å². The molecule has 1 aliphatic carbocycles. The largest absolute Gasteiger partial charge is 0.294 e. The number of rotatable bonds is 6. The summed E-state index contributed by atoms with van der Waals surface area (Å²) in [5.41, 5.74) is 6.02. The topological polar surface area (TPSA) is 17.1 Å². The van der Waals surface area contributed by atoms with E-state index >= 15 is 0 Å². The van der Waals surface area contributed by atoms with Gasteiger partial charge in [0.2, 0.25) is 0 Å². The van der Waals surface area contributed by atoms with Crippen LogP contribution < -0.4 is 0 Å². The van der Waals surface area contributed by atoms with Gasteiger partial charge in [0.25, 0.3) is 0 Å². The van der Waals surface area contributed by atoms with Gasteiger partial charge in [-0.2, -0.15) is 0 Å². The van der Waals surface area contributed by atoms with Crippen molar-refractivity contribution in [1.82, 2.24) is 0 Å². The Morgan fingerprint density at radius 2 is 1.83 bits per heavy atom. The Kier molecular flexibility index (Phi) is 10.1. The Balaban J connectivity index is 0.00000232. The summed E-state index contributed by atoms with van der Waals surface area (Å²) in [6, 6.07) is 0. The maximum absolute atomic E-state index is 12.7. The molecule has 0 saturated carbocycles. The predicted octanol–water partition coefficient (Wildman–Crippen LogP) is 7.05. The van der Waals surface area contributed by atoms with Crippen molar-refractivity contribution >= 4 is 5.78 Å². The highest BCUT2D eigenvalue weighted by Crippen LogP contribution is 2.38. The molecular weight excluding hydrogens is 280 g/mol. The lowest BCUT2D eigenvalue weighted by molar-refractivity contribution is -0.116. The molecule has 1 rings (SSSR count). The highest BCUT2D eigenvalue weighted by molar-refractivity contribution is 6.01. The van der Waals surface area contributed by atoms with Gasteiger partial charge in [0.05, 0.1) is 0 Å². The fraction of sp³-hybridized carbons (Fsp3) is 0.682. The van der Waals surface area contributed by atoms with E-state index in [9.17, 15) is 4.79 Å². The van der Waals surface area contributed by atoms with Gasteiger partial charge in [-0.1, -0.05) is 65.7 Å². The summed E-state index contributed by atoms with van der Waals surface area (Å²) >= 11 is 0. The Bertz CT molecular complexity index is 476. The predicted molar refractivity (Wildman–Crippen MR) is 104 cm³/mol. The van der Waals surface area contributed by atoms with Crippen molar-refractivity contribution < 1.29 is 4.79 Å². The van der Waals surface area contributed by atoms with Crippen LogP contribution in [0.15, 0.2) is 34.4 Å². The molecule has 0 heterocycles. The van der Waals surface area contributed by atoms with Gasteiger partial charge in [0.1, 0.15) is 0 Å². The van der Waals surface area contributed by atoms with E-state index in [-0.39, 0.29) is 0 Å². The van der Waals surface area contributed by atoms with E-state index in [4.69, 9.17) is 0 Å². The molecule has 2 unspecified atom stereocenters. The minimum absolute atomic E-state index is 0.344. The smallest absolute Gasteiger partial charge is 0.163 e. The molecule has 0 fully saturated rings. The Morgan fingerprint density at radius 3 is 2.22 bits per heavy atom. The normalized spacial score (nSPS) is 20.5. The van der Waals surface area contributed by atoms with Crippen molar-refractivity contribution in [3.05, 3.63) is 34.4 Å². The lowest BCUT2D eigenvalue weighted by atomic mass is 9.75. The second kappa shape index (κ2) is 10.6. The van der Waals surface area contributed by atoms with Gasteiger partial charge in [-0.3, -0.25) is 4.79 Å². The number of Topliss-reactive ketones (excluding diaryl/α,β-unsaturated/α-hetero) is 1. The minimum atomic E-state index is 0.344. The molecule has 132 valence electrons. The van der Waals surface area contributed by atoms with Gasteiger partial charge in [0.15, 0.2) is 5.78 Å². The fourth-order valence-electron chi connectivity index (χ4n) is 3.73. The van der Waals surface area contributed by atoms with Crippen molar-refractivity contribution in [3.63, 3.8) is 0 Å². The van der Waals surface area contributed by atoms with Crippen molar-refractivity contribution in [2.45, 2.75) is 87.5 Å². The molecule has 0 aliphatic heterocycles. The van der Waals surface area contributed by atoms with E-state index in [2.05, 4.69) is 48.1 Å². The van der Waals surface area contributed by atoms with Crippen molar-refractivity contribution in [3.8, 4) is 0 Å². The zero-order valence-corrected chi connectivity index (χ0v) is 16.8. The second-order valence-corrected chi connectivity index (χ2v) is 6.81. The van der Waals surface area contributed by atoms with Gasteiger partial charge >= 0.3 is 0 Å². The summed E-state index contributed by atoms with van der Waals surface area (Å²) in [5.74, 6) is 1.26. The van der Waals surface area contributed by atoms with E-state index < -0.39 is 0 Å². The Labute approximate surface area is 144 Å². The third-order valence-electron chi connectivity index (χ3n) is 4.57. The molecule has 23 heavy (non-hydrogen) atoms. The van der Waals surface area contributed by atoms with Crippen LogP contribution in [0, 0.1) is 11.8 Å². The quantitative estimate of drug-likeness (QED) is 0.480. The molecule has 0 aromatic heterocycles. The van der Waals surface area contributed by atoms with Gasteiger partial charge in [-0.15, -0.1) is 0 Å². The number of carbonyl (C=O) groups excluding carboxylic acids is 1. The zero-order valence-electron chi connectivity index (χ0n) is 16.8. The number of carbonyl (C=O) groups is 1. The Hall–Kier alpha value is -1.11. The Morgan fingerprint density at radius 1 is 1.26 bits per heavy atom. The summed E-state index contributed by atoms with van der Waals surface area (Å²) in [6.45, 7) is 21.2. The highest BCUT2D eigenvalue weighted by Gasteiger charge is 2.29. The lowest BCUT2D eigenvalue weighted by Crippen LogP contribution is -2.21. The molecule has 2 atom stereocenters. The maximum Gasteiger partial charge on any atom is 0.163 e. The van der Waals surface area contributed by atoms with Gasteiger partial charge < -0.3 is 0 Å². The van der Waals surface area contributed by atoms with Crippen molar-refractivity contribution in [2.75, 3.05) is 0 Å². The molecule has 0 N–H and O–H groups in total. The number of ketones is 1. The van der Waals surface area contributed by atoms with E-state index in [1.165, 1.54) is 16.7 Å². The average molecular weight is 319 g/mol. The van der Waals surface area contributed by atoms with Crippen LogP contribution >= 0.6 is 0 Å². The SMILES string of the molecule is C=C(C)/C(CC)=C(\C1=C(C)CC(C)CC1=O)C(C)CCC.CC. The van der Waals surface area contributed by atoms with E-state index in [1.807, 2.05) is 13.8 Å². The standard InChI is InChI=1S/C20H32O.C2H6/c1-8-10-15(6)19(17(9-2)13(3)4)20-16(7)11-14(5)12-18(20)21;1-2/h14-15H,3,8-12H2,1-2,4-7H3;1-2H3/b19-17-;. The van der Waals surface area contributed by atoms with Crippen LogP contribution in [-0.2, 0) is 4.79 Å². The average Bonchev–Trinajstić information content (AvgIpc) is 2.47. The number of allylic oxidation sites excluding steroid dienone is 5. The van der Waals surface area contributed by atoms with E-state index in [0.29, 0.717) is 24.0 Å². The first-order chi connectivity index (χ1) is 10.8. The van der Waals surface area contributed by atoms with Crippen LogP contribution in [0.4, 0.5) is 0 Å². The van der Waals surface area contributed by atoms with Crippen LogP contribution in [0.5, 0.6) is 0 Å². The maximum atomic E-state index is 12.7. The first kappa shape index (κ1) is 21.9.